The number of rotatable bonds is 6. The summed E-state index contributed by atoms with van der Waals surface area (Å²) in [5.41, 5.74) is -3.35. The number of fused-ring (bicyclic) bond motifs is 5. The summed E-state index contributed by atoms with van der Waals surface area (Å²) in [7, 11) is 0. The van der Waals surface area contributed by atoms with Crippen LogP contribution in [0.15, 0.2) is 11.6 Å². The maximum absolute atomic E-state index is 13.3. The highest BCUT2D eigenvalue weighted by molar-refractivity contribution is 5.95. The summed E-state index contributed by atoms with van der Waals surface area (Å²) in [5, 5.41) is 66.3. The molecule has 4 aliphatic rings. The van der Waals surface area contributed by atoms with Crippen LogP contribution < -0.4 is 0 Å². The minimum absolute atomic E-state index is 0.0883. The Balaban J connectivity index is 1.66. The fourth-order valence-corrected chi connectivity index (χ4v) is 9.06. The summed E-state index contributed by atoms with van der Waals surface area (Å²) in [6.07, 6.45) is 1.16. The Bertz CT molecular complexity index is 888. The van der Waals surface area contributed by atoms with Crippen molar-refractivity contribution in [3.63, 3.8) is 0 Å². The normalized spacial score (nSPS) is 46.8. The molecule has 3 saturated carbocycles. The molecular weight excluding hydrogens is 460 g/mol. The molecule has 0 heterocycles. The highest BCUT2D eigenvalue weighted by Gasteiger charge is 2.69. The highest BCUT2D eigenvalue weighted by Crippen LogP contribution is 2.68. The molecule has 6 N–H and O–H groups in total. The topological polar surface area (TPSA) is 138 Å². The van der Waals surface area contributed by atoms with Crippen LogP contribution >= 0.6 is 0 Å². The molecule has 4 aliphatic carbocycles. The molecule has 0 radical (unpaired) electrons. The lowest BCUT2D eigenvalue weighted by Gasteiger charge is -2.60. The molecule has 0 aromatic carbocycles. The zero-order valence-corrected chi connectivity index (χ0v) is 22.8. The average Bonchev–Trinajstić information content (AvgIpc) is 3.05. The Morgan fingerprint density at radius 1 is 1.06 bits per heavy atom. The molecule has 7 nitrogen and oxygen atoms in total. The summed E-state index contributed by atoms with van der Waals surface area (Å²) < 4.78 is 0. The van der Waals surface area contributed by atoms with Crippen molar-refractivity contribution in [2.24, 2.45) is 40.4 Å². The van der Waals surface area contributed by atoms with Crippen molar-refractivity contribution in [3.05, 3.63) is 11.6 Å². The first-order valence-corrected chi connectivity index (χ1v) is 13.9. The van der Waals surface area contributed by atoms with E-state index in [1.54, 1.807) is 19.9 Å². The molecule has 12 atom stereocenters. The molecule has 3 fully saturated rings. The summed E-state index contributed by atoms with van der Waals surface area (Å²) >= 11 is 0. The van der Waals surface area contributed by atoms with E-state index in [1.807, 2.05) is 27.7 Å². The van der Waals surface area contributed by atoms with Gasteiger partial charge in [-0.25, -0.2) is 0 Å². The lowest BCUT2D eigenvalue weighted by molar-refractivity contribution is -0.179. The van der Waals surface area contributed by atoms with Crippen LogP contribution in [0.1, 0.15) is 86.5 Å². The quantitative estimate of drug-likeness (QED) is 0.324. The maximum Gasteiger partial charge on any atom is 0.159 e. The number of carbonyl (C=O) groups excluding carboxylic acids is 1. The molecule has 0 bridgehead atoms. The molecule has 7 heteroatoms. The van der Waals surface area contributed by atoms with Crippen molar-refractivity contribution in [2.75, 3.05) is 0 Å². The summed E-state index contributed by atoms with van der Waals surface area (Å²) in [5.74, 6) is -0.993. The fraction of sp³-hybridized carbons (Fsp3) is 0.897. The fourth-order valence-electron chi connectivity index (χ4n) is 9.06. The van der Waals surface area contributed by atoms with Gasteiger partial charge in [-0.15, -0.1) is 0 Å². The minimum Gasteiger partial charge on any atom is -0.393 e. The van der Waals surface area contributed by atoms with E-state index in [4.69, 9.17) is 0 Å². The van der Waals surface area contributed by atoms with Crippen LogP contribution in [0.25, 0.3) is 0 Å². The van der Waals surface area contributed by atoms with Gasteiger partial charge < -0.3 is 30.6 Å². The van der Waals surface area contributed by atoms with Gasteiger partial charge in [0.15, 0.2) is 5.78 Å². The van der Waals surface area contributed by atoms with E-state index < -0.39 is 52.4 Å². The second-order valence-electron chi connectivity index (χ2n) is 13.7. The average molecular weight is 509 g/mol. The molecular formula is C29H48O7. The molecule has 0 spiro atoms. The number of allylic oxidation sites excluding steroid dienone is 1. The van der Waals surface area contributed by atoms with E-state index in [2.05, 4.69) is 0 Å². The van der Waals surface area contributed by atoms with E-state index in [-0.39, 0.29) is 42.3 Å². The van der Waals surface area contributed by atoms with Crippen LogP contribution in [-0.4, -0.2) is 72.0 Å². The first-order chi connectivity index (χ1) is 16.5. The summed E-state index contributed by atoms with van der Waals surface area (Å²) in [4.78, 5) is 13.3. The number of hydrogen-bond acceptors (Lipinski definition) is 7. The monoisotopic (exact) mass is 508 g/mol. The van der Waals surface area contributed by atoms with Gasteiger partial charge >= 0.3 is 0 Å². The van der Waals surface area contributed by atoms with E-state index >= 15 is 0 Å². The lowest BCUT2D eigenvalue weighted by atomic mass is 9.45. The Morgan fingerprint density at radius 2 is 1.69 bits per heavy atom. The van der Waals surface area contributed by atoms with Gasteiger partial charge in [-0.05, 0) is 99.5 Å². The highest BCUT2D eigenvalue weighted by atomic mass is 16.3. The van der Waals surface area contributed by atoms with Crippen LogP contribution in [0.2, 0.25) is 0 Å². The van der Waals surface area contributed by atoms with Gasteiger partial charge in [-0.2, -0.15) is 0 Å². The second kappa shape index (κ2) is 9.13. The van der Waals surface area contributed by atoms with Gasteiger partial charge in [0.25, 0.3) is 0 Å². The number of aliphatic hydroxyl groups is 6. The standard InChI is InChI=1S/C29H48O7/c1-15(2)17(16(3)30)11-25(34)28(6,35)24-8-10-29(36)19-12-21(31)20-13-22(32)23(33)14-26(20,4)18(19)7-9-27(24,29)5/h12,15-18,20,22-25,30,32-36H,7-11,13-14H2,1-6H3/t16-,17+,18+,20-,22+,23-,24+,25-,26-,27+,28+,29+/m0/s1. The van der Waals surface area contributed by atoms with E-state index in [0.717, 1.165) is 0 Å². The first kappa shape index (κ1) is 28.2. The smallest absolute Gasteiger partial charge is 0.159 e. The van der Waals surface area contributed by atoms with E-state index in [9.17, 15) is 35.4 Å². The Morgan fingerprint density at radius 3 is 2.28 bits per heavy atom. The van der Waals surface area contributed by atoms with E-state index in [0.29, 0.717) is 37.7 Å². The Kier molecular flexibility index (Phi) is 7.15. The predicted molar refractivity (Wildman–Crippen MR) is 136 cm³/mol. The van der Waals surface area contributed by atoms with Crippen molar-refractivity contribution in [3.8, 4) is 0 Å². The summed E-state index contributed by atoms with van der Waals surface area (Å²) in [6.45, 7) is 11.4. The van der Waals surface area contributed by atoms with Crippen LogP contribution in [0, 0.1) is 40.4 Å². The van der Waals surface area contributed by atoms with Crippen molar-refractivity contribution >= 4 is 5.78 Å². The minimum atomic E-state index is -1.48. The molecule has 4 rings (SSSR count). The molecule has 36 heavy (non-hydrogen) atoms. The number of ketones is 1. The lowest BCUT2D eigenvalue weighted by Crippen LogP contribution is -2.63. The van der Waals surface area contributed by atoms with Crippen LogP contribution in [0.3, 0.4) is 0 Å². The van der Waals surface area contributed by atoms with Gasteiger partial charge in [0, 0.05) is 11.3 Å². The molecule has 0 saturated heterocycles. The Labute approximate surface area is 215 Å². The van der Waals surface area contributed by atoms with Crippen LogP contribution in [0.4, 0.5) is 0 Å². The van der Waals surface area contributed by atoms with Crippen LogP contribution in [-0.2, 0) is 4.79 Å². The van der Waals surface area contributed by atoms with Gasteiger partial charge in [0.1, 0.15) is 0 Å². The molecule has 0 unspecified atom stereocenters. The predicted octanol–water partition coefficient (Wildman–Crippen LogP) is 2.35. The summed E-state index contributed by atoms with van der Waals surface area (Å²) in [6, 6.07) is 0. The zero-order valence-electron chi connectivity index (χ0n) is 22.8. The van der Waals surface area contributed by atoms with E-state index in [1.165, 1.54) is 0 Å². The Hall–Kier alpha value is -0.830. The second-order valence-corrected chi connectivity index (χ2v) is 13.7. The van der Waals surface area contributed by atoms with Crippen molar-refractivity contribution in [1.29, 1.82) is 0 Å². The number of carbonyl (C=O) groups is 1. The number of hydrogen-bond donors (Lipinski definition) is 6. The van der Waals surface area contributed by atoms with Gasteiger partial charge in [0.2, 0.25) is 0 Å². The van der Waals surface area contributed by atoms with Gasteiger partial charge in [0.05, 0.1) is 35.6 Å². The maximum atomic E-state index is 13.3. The SMILES string of the molecule is CC(C)[C@@H](C[C@H](O)[C@](C)(O)[C@@H]1CC[C@@]2(O)C3=CC(=O)[C@@H]4C[C@@H](O)[C@@H](O)C[C@@]4(C)[C@@H]3CC[C@]12C)[C@H](C)O. The van der Waals surface area contributed by atoms with Crippen molar-refractivity contribution in [2.45, 2.75) is 122 Å². The molecule has 206 valence electrons. The van der Waals surface area contributed by atoms with Gasteiger partial charge in [-0.1, -0.05) is 27.7 Å². The third-order valence-electron chi connectivity index (χ3n) is 11.5. The third-order valence-corrected chi connectivity index (χ3v) is 11.5. The first-order valence-electron chi connectivity index (χ1n) is 13.9. The molecule has 0 aromatic rings. The molecule has 0 amide bonds. The van der Waals surface area contributed by atoms with Crippen LogP contribution in [0.5, 0.6) is 0 Å². The third kappa shape index (κ3) is 3.95. The largest absolute Gasteiger partial charge is 0.393 e. The number of aliphatic hydroxyl groups excluding tert-OH is 4. The van der Waals surface area contributed by atoms with Crippen molar-refractivity contribution < 1.29 is 35.4 Å². The van der Waals surface area contributed by atoms with Gasteiger partial charge in [-0.3, -0.25) is 4.79 Å². The molecule has 0 aliphatic heterocycles. The van der Waals surface area contributed by atoms with Crippen molar-refractivity contribution in [1.82, 2.24) is 0 Å². The zero-order chi connectivity index (χ0) is 27.0. The molecule has 0 aromatic heterocycles.